The lowest BCUT2D eigenvalue weighted by atomic mass is 9.94. The molecule has 2 N–H and O–H groups in total. The Balaban J connectivity index is 1.50. The van der Waals surface area contributed by atoms with Crippen molar-refractivity contribution in [2.45, 2.75) is 51.2 Å². The minimum Gasteiger partial charge on any atom is -0.376 e. The number of carbonyl (C=O) groups is 4. The SMILES string of the molecule is CC1(C)[C@@H]2[C@@H](C(=O)NC(C[C@@H]3CCNC3=O)C(=O)COC(F)(F)F)N(C(=O)[C@H]3COCCO3)C[C@@H]21. The summed E-state index contributed by atoms with van der Waals surface area (Å²) >= 11 is 0. The van der Waals surface area contributed by atoms with Gasteiger partial charge in [0.15, 0.2) is 11.9 Å². The molecule has 4 fully saturated rings. The van der Waals surface area contributed by atoms with Gasteiger partial charge in [-0.15, -0.1) is 13.2 Å². The highest BCUT2D eigenvalue weighted by Crippen LogP contribution is 2.65. The molecular formula is C22H30F3N3O7. The number of nitrogens with zero attached hydrogens (tertiary/aromatic N) is 1. The lowest BCUT2D eigenvalue weighted by Crippen LogP contribution is -2.57. The molecule has 1 unspecified atom stereocenters. The molecule has 1 saturated carbocycles. The topological polar surface area (TPSA) is 123 Å². The Kier molecular flexibility index (Phi) is 7.13. The number of hydrogen-bond donors (Lipinski definition) is 2. The molecule has 3 saturated heterocycles. The normalized spacial score (nSPS) is 32.5. The molecule has 35 heavy (non-hydrogen) atoms. The van der Waals surface area contributed by atoms with Crippen molar-refractivity contribution in [2.75, 3.05) is 39.5 Å². The summed E-state index contributed by atoms with van der Waals surface area (Å²) in [6.07, 6.45) is -5.63. The molecule has 4 rings (SSSR count). The molecule has 196 valence electrons. The van der Waals surface area contributed by atoms with Crippen LogP contribution in [0.1, 0.15) is 26.7 Å². The van der Waals surface area contributed by atoms with Gasteiger partial charge >= 0.3 is 6.36 Å². The van der Waals surface area contributed by atoms with Crippen LogP contribution in [0.4, 0.5) is 13.2 Å². The highest BCUT2D eigenvalue weighted by Gasteiger charge is 2.69. The summed E-state index contributed by atoms with van der Waals surface area (Å²) in [5, 5.41) is 5.15. The van der Waals surface area contributed by atoms with E-state index in [9.17, 15) is 32.3 Å². The largest absolute Gasteiger partial charge is 0.522 e. The van der Waals surface area contributed by atoms with Crippen LogP contribution in [-0.2, 0) is 33.4 Å². The maximum Gasteiger partial charge on any atom is 0.522 e. The molecule has 0 aromatic carbocycles. The van der Waals surface area contributed by atoms with Gasteiger partial charge in [-0.1, -0.05) is 13.8 Å². The number of ketones is 1. The molecule has 3 heterocycles. The van der Waals surface area contributed by atoms with Gasteiger partial charge in [0.25, 0.3) is 5.91 Å². The van der Waals surface area contributed by atoms with Crippen molar-refractivity contribution < 1.29 is 46.6 Å². The quantitative estimate of drug-likeness (QED) is 0.476. The van der Waals surface area contributed by atoms with Gasteiger partial charge < -0.3 is 25.0 Å². The number of piperidine rings is 1. The summed E-state index contributed by atoms with van der Waals surface area (Å²) in [5.74, 6) is -3.10. The third kappa shape index (κ3) is 5.46. The van der Waals surface area contributed by atoms with E-state index < -0.39 is 54.7 Å². The number of amides is 3. The van der Waals surface area contributed by atoms with E-state index in [1.807, 2.05) is 13.8 Å². The Morgan fingerprint density at radius 2 is 2.03 bits per heavy atom. The minimum atomic E-state index is -5.02. The maximum atomic E-state index is 13.4. The van der Waals surface area contributed by atoms with Crippen molar-refractivity contribution in [2.24, 2.45) is 23.2 Å². The van der Waals surface area contributed by atoms with Gasteiger partial charge in [0.05, 0.1) is 25.9 Å². The van der Waals surface area contributed by atoms with E-state index in [1.165, 1.54) is 4.90 Å². The third-order valence-corrected chi connectivity index (χ3v) is 7.62. The molecule has 0 spiro atoms. The molecule has 1 aliphatic carbocycles. The van der Waals surface area contributed by atoms with Crippen molar-refractivity contribution in [3.63, 3.8) is 0 Å². The molecule has 3 amide bonds. The number of nitrogens with one attached hydrogen (secondary N) is 2. The van der Waals surface area contributed by atoms with Crippen LogP contribution in [-0.4, -0.2) is 92.5 Å². The Morgan fingerprint density at radius 3 is 2.63 bits per heavy atom. The number of carbonyl (C=O) groups excluding carboxylic acids is 4. The number of Topliss-reactive ketones (excluding diaryl/α,β-unsaturated/α-hetero) is 1. The summed E-state index contributed by atoms with van der Waals surface area (Å²) in [7, 11) is 0. The molecule has 0 aromatic heterocycles. The summed E-state index contributed by atoms with van der Waals surface area (Å²) in [6, 6.07) is -2.28. The number of rotatable bonds is 8. The first-order valence-corrected chi connectivity index (χ1v) is 11.7. The zero-order valence-electron chi connectivity index (χ0n) is 19.6. The second-order valence-electron chi connectivity index (χ2n) is 10.1. The molecule has 3 aliphatic heterocycles. The van der Waals surface area contributed by atoms with Gasteiger partial charge in [0.2, 0.25) is 11.8 Å². The van der Waals surface area contributed by atoms with E-state index in [1.54, 1.807) is 0 Å². The molecule has 0 aromatic rings. The van der Waals surface area contributed by atoms with Gasteiger partial charge in [-0.05, 0) is 30.1 Å². The number of ether oxygens (including phenoxy) is 3. The van der Waals surface area contributed by atoms with Crippen LogP contribution in [0.15, 0.2) is 0 Å². The first kappa shape index (κ1) is 25.8. The van der Waals surface area contributed by atoms with Crippen LogP contribution in [0.25, 0.3) is 0 Å². The second kappa shape index (κ2) is 9.66. The minimum absolute atomic E-state index is 0.0646. The van der Waals surface area contributed by atoms with Crippen LogP contribution in [0.3, 0.4) is 0 Å². The standard InChI is InChI=1S/C22H30F3N3O7/c1-21(2)12-8-28(20(32)15-10-33-5-6-34-15)17(16(12)21)19(31)27-13(7-11-3-4-26-18(11)30)14(29)9-35-22(23,24)25/h11-13,15-17H,3-10H2,1-2H3,(H,26,30)(H,27,31)/t11-,12-,13?,15+,16-,17-/m0/s1. The first-order chi connectivity index (χ1) is 16.4. The molecule has 13 heteroatoms. The smallest absolute Gasteiger partial charge is 0.376 e. The zero-order chi connectivity index (χ0) is 25.5. The predicted molar refractivity (Wildman–Crippen MR) is 111 cm³/mol. The fourth-order valence-corrected chi connectivity index (χ4v) is 5.56. The fraction of sp³-hybridized carbons (Fsp3) is 0.818. The van der Waals surface area contributed by atoms with Crippen molar-refractivity contribution >= 4 is 23.5 Å². The number of fused-ring (bicyclic) bond motifs is 1. The van der Waals surface area contributed by atoms with Gasteiger partial charge in [-0.2, -0.15) is 0 Å². The zero-order valence-corrected chi connectivity index (χ0v) is 19.6. The lowest BCUT2D eigenvalue weighted by Gasteiger charge is -2.34. The van der Waals surface area contributed by atoms with Crippen LogP contribution >= 0.6 is 0 Å². The van der Waals surface area contributed by atoms with Gasteiger partial charge in [0, 0.05) is 19.0 Å². The lowest BCUT2D eigenvalue weighted by molar-refractivity contribution is -0.321. The number of alkyl halides is 3. The van der Waals surface area contributed by atoms with Gasteiger partial charge in [0.1, 0.15) is 12.6 Å². The second-order valence-corrected chi connectivity index (χ2v) is 10.1. The summed E-state index contributed by atoms with van der Waals surface area (Å²) in [6.45, 7) is 4.05. The van der Waals surface area contributed by atoms with Crippen LogP contribution in [0, 0.1) is 23.2 Å². The van der Waals surface area contributed by atoms with Crippen molar-refractivity contribution in [1.82, 2.24) is 15.5 Å². The molecule has 0 radical (unpaired) electrons. The van der Waals surface area contributed by atoms with Crippen molar-refractivity contribution in [1.29, 1.82) is 0 Å². The van der Waals surface area contributed by atoms with E-state index in [-0.39, 0.29) is 42.8 Å². The number of likely N-dealkylation sites (tertiary alicyclic amines) is 1. The molecule has 4 aliphatic rings. The fourth-order valence-electron chi connectivity index (χ4n) is 5.56. The molecule has 6 atom stereocenters. The summed E-state index contributed by atoms with van der Waals surface area (Å²) < 4.78 is 52.0. The Morgan fingerprint density at radius 1 is 1.29 bits per heavy atom. The average Bonchev–Trinajstić information content (AvgIpc) is 3.16. The van der Waals surface area contributed by atoms with Gasteiger partial charge in [-0.3, -0.25) is 23.9 Å². The van der Waals surface area contributed by atoms with Crippen molar-refractivity contribution in [3.8, 4) is 0 Å². The highest BCUT2D eigenvalue weighted by molar-refractivity contribution is 5.95. The summed E-state index contributed by atoms with van der Waals surface area (Å²) in [5.41, 5.74) is -0.215. The number of halogens is 3. The Labute approximate surface area is 200 Å². The maximum absolute atomic E-state index is 13.4. The molecular weight excluding hydrogens is 475 g/mol. The molecule has 10 nitrogen and oxygen atoms in total. The van der Waals surface area contributed by atoms with Crippen LogP contribution in [0.5, 0.6) is 0 Å². The average molecular weight is 505 g/mol. The van der Waals surface area contributed by atoms with E-state index >= 15 is 0 Å². The number of hydrogen-bond acceptors (Lipinski definition) is 7. The molecule has 0 bridgehead atoms. The van der Waals surface area contributed by atoms with Crippen LogP contribution < -0.4 is 10.6 Å². The highest BCUT2D eigenvalue weighted by atomic mass is 19.4. The van der Waals surface area contributed by atoms with E-state index in [0.29, 0.717) is 26.1 Å². The monoisotopic (exact) mass is 505 g/mol. The van der Waals surface area contributed by atoms with E-state index in [2.05, 4.69) is 15.4 Å². The Bertz CT molecular complexity index is 875. The first-order valence-electron chi connectivity index (χ1n) is 11.7. The summed E-state index contributed by atoms with van der Waals surface area (Å²) in [4.78, 5) is 52.6. The van der Waals surface area contributed by atoms with Crippen molar-refractivity contribution in [3.05, 3.63) is 0 Å². The van der Waals surface area contributed by atoms with Gasteiger partial charge in [-0.25, -0.2) is 0 Å². The van der Waals surface area contributed by atoms with E-state index in [0.717, 1.165) is 0 Å². The Hall–Kier alpha value is -2.25. The third-order valence-electron chi connectivity index (χ3n) is 7.62. The van der Waals surface area contributed by atoms with E-state index in [4.69, 9.17) is 9.47 Å². The van der Waals surface area contributed by atoms with Crippen LogP contribution in [0.2, 0.25) is 0 Å². The predicted octanol–water partition coefficient (Wildman–Crippen LogP) is 0.00130.